The summed E-state index contributed by atoms with van der Waals surface area (Å²) in [6, 6.07) is 0.603. The van der Waals surface area contributed by atoms with Gasteiger partial charge in [0, 0.05) is 6.42 Å². The molecule has 4 amide bonds. The van der Waals surface area contributed by atoms with Crippen molar-refractivity contribution in [3.63, 3.8) is 0 Å². The van der Waals surface area contributed by atoms with Gasteiger partial charge in [-0.2, -0.15) is 0 Å². The minimum atomic E-state index is -1.60. The highest BCUT2D eigenvalue weighted by molar-refractivity contribution is 5.96. The number of aliphatic carboxylic acids is 2. The molecule has 0 aliphatic carbocycles. The maximum Gasteiger partial charge on any atom is 0.326 e. The van der Waals surface area contributed by atoms with Gasteiger partial charge in [0.1, 0.15) is 23.9 Å². The lowest BCUT2D eigenvalue weighted by Crippen LogP contribution is -2.57. The number of carbonyl (C=O) groups excluding carboxylic acids is 4. The Balaban J connectivity index is 2.98. The maximum atomic E-state index is 13.1. The third-order valence-corrected chi connectivity index (χ3v) is 5.61. The largest absolute Gasteiger partial charge is 0.508 e. The molecule has 0 spiro atoms. The molecule has 0 aliphatic rings. The van der Waals surface area contributed by atoms with Gasteiger partial charge in [-0.15, -0.1) is 0 Å². The Kier molecular flexibility index (Phi) is 13.9. The molecular weight excluding hydrogens is 516 g/mol. The van der Waals surface area contributed by atoms with Gasteiger partial charge in [-0.25, -0.2) is 4.79 Å². The number of hydrogen-bond acceptors (Lipinski definition) is 9. The average Bonchev–Trinajstić information content (AvgIpc) is 2.86. The van der Waals surface area contributed by atoms with Crippen LogP contribution >= 0.6 is 0 Å². The molecule has 1 rings (SSSR count). The molecule has 0 saturated heterocycles. The van der Waals surface area contributed by atoms with Crippen molar-refractivity contribution in [2.75, 3.05) is 6.54 Å². The minimum absolute atomic E-state index is 0.0412. The first-order chi connectivity index (χ1) is 18.3. The second-order valence-electron chi connectivity index (χ2n) is 8.89. The molecule has 15 heteroatoms. The quantitative estimate of drug-likeness (QED) is 0.0871. The van der Waals surface area contributed by atoms with Crippen LogP contribution in [-0.4, -0.2) is 81.6 Å². The van der Waals surface area contributed by atoms with Gasteiger partial charge in [0.05, 0.1) is 12.5 Å². The van der Waals surface area contributed by atoms with E-state index in [4.69, 9.17) is 22.3 Å². The summed E-state index contributed by atoms with van der Waals surface area (Å²) in [7, 11) is 0. The molecule has 216 valence electrons. The van der Waals surface area contributed by atoms with E-state index in [1.54, 1.807) is 12.1 Å². The third-order valence-electron chi connectivity index (χ3n) is 5.61. The fraction of sp³-hybridized carbons (Fsp3) is 0.500. The van der Waals surface area contributed by atoms with E-state index in [0.29, 0.717) is 24.9 Å². The van der Waals surface area contributed by atoms with Crippen LogP contribution in [0.15, 0.2) is 24.3 Å². The normalized spacial score (nSPS) is 13.8. The highest BCUT2D eigenvalue weighted by Gasteiger charge is 2.31. The van der Waals surface area contributed by atoms with E-state index in [2.05, 4.69) is 16.0 Å². The van der Waals surface area contributed by atoms with Crippen molar-refractivity contribution in [3.05, 3.63) is 29.8 Å². The Morgan fingerprint density at radius 3 is 1.90 bits per heavy atom. The van der Waals surface area contributed by atoms with E-state index in [1.165, 1.54) is 12.1 Å². The third kappa shape index (κ3) is 12.7. The molecule has 0 aromatic heterocycles. The van der Waals surface area contributed by atoms with Gasteiger partial charge in [-0.1, -0.05) is 12.1 Å². The number of hydrogen-bond donors (Lipinski definition) is 9. The molecule has 0 bridgehead atoms. The summed E-state index contributed by atoms with van der Waals surface area (Å²) >= 11 is 0. The number of benzene rings is 1. The Morgan fingerprint density at radius 1 is 0.795 bits per heavy atom. The number of carboxylic acid groups (broad SMARTS) is 2. The van der Waals surface area contributed by atoms with Crippen molar-refractivity contribution in [2.45, 2.75) is 69.1 Å². The molecule has 39 heavy (non-hydrogen) atoms. The monoisotopic (exact) mass is 552 g/mol. The van der Waals surface area contributed by atoms with Gasteiger partial charge in [-0.3, -0.25) is 24.0 Å². The second-order valence-corrected chi connectivity index (χ2v) is 8.89. The predicted molar refractivity (Wildman–Crippen MR) is 137 cm³/mol. The van der Waals surface area contributed by atoms with Crippen LogP contribution in [0.2, 0.25) is 0 Å². The van der Waals surface area contributed by atoms with Gasteiger partial charge in [0.2, 0.25) is 23.6 Å². The number of carbonyl (C=O) groups is 6. The number of nitrogens with two attached hydrogens (primary N) is 3. The Labute approximate surface area is 224 Å². The number of rotatable bonds is 18. The molecule has 0 unspecified atom stereocenters. The van der Waals surface area contributed by atoms with Crippen LogP contribution in [0.25, 0.3) is 0 Å². The van der Waals surface area contributed by atoms with Gasteiger partial charge < -0.3 is 48.5 Å². The summed E-state index contributed by atoms with van der Waals surface area (Å²) < 4.78 is 0. The van der Waals surface area contributed by atoms with Gasteiger partial charge in [0.15, 0.2) is 0 Å². The highest BCUT2D eigenvalue weighted by atomic mass is 16.4. The molecule has 0 heterocycles. The van der Waals surface area contributed by atoms with Crippen LogP contribution in [0.4, 0.5) is 0 Å². The minimum Gasteiger partial charge on any atom is -0.508 e. The molecule has 0 aliphatic heterocycles. The fourth-order valence-electron chi connectivity index (χ4n) is 3.50. The highest BCUT2D eigenvalue weighted by Crippen LogP contribution is 2.11. The lowest BCUT2D eigenvalue weighted by molar-refractivity contribution is -0.143. The van der Waals surface area contributed by atoms with Gasteiger partial charge in [0.25, 0.3) is 0 Å². The van der Waals surface area contributed by atoms with E-state index in [0.717, 1.165) is 0 Å². The van der Waals surface area contributed by atoms with Crippen molar-refractivity contribution >= 4 is 35.6 Å². The first-order valence-electron chi connectivity index (χ1n) is 12.2. The molecule has 0 saturated carbocycles. The fourth-order valence-corrected chi connectivity index (χ4v) is 3.50. The summed E-state index contributed by atoms with van der Waals surface area (Å²) in [6.45, 7) is 0.322. The molecular formula is C24H36N6O9. The SMILES string of the molecule is NCCCC[C@H](NC(=O)[C@@H](N)Cc1ccc(O)cc1)C(=O)N[C@@H](CC(N)=O)C(=O)N[C@@H](CCC(=O)O)C(=O)O. The van der Waals surface area contributed by atoms with Crippen molar-refractivity contribution in [3.8, 4) is 5.75 Å². The standard InChI is InChI=1S/C24H36N6O9/c25-10-2-1-3-16(28-21(35)15(26)11-13-4-6-14(31)7-5-13)22(36)30-18(12-19(27)32)23(37)29-17(24(38)39)8-9-20(33)34/h4-7,15-18,31H,1-3,8-12,25-26H2,(H2,27,32)(H,28,35)(H,29,37)(H,30,36)(H,33,34)(H,38,39)/t15-,16-,17-,18-/m0/s1. The first-order valence-corrected chi connectivity index (χ1v) is 12.2. The van der Waals surface area contributed by atoms with Crippen LogP contribution in [0.5, 0.6) is 5.75 Å². The number of unbranched alkanes of at least 4 members (excludes halogenated alkanes) is 1. The maximum absolute atomic E-state index is 13.1. The lowest BCUT2D eigenvalue weighted by atomic mass is 10.0. The molecule has 0 radical (unpaired) electrons. The van der Waals surface area contributed by atoms with Crippen LogP contribution in [0.3, 0.4) is 0 Å². The number of primary amides is 1. The zero-order valence-electron chi connectivity index (χ0n) is 21.3. The summed E-state index contributed by atoms with van der Waals surface area (Å²) in [6.07, 6.45) is -0.523. The summed E-state index contributed by atoms with van der Waals surface area (Å²) in [4.78, 5) is 72.3. The van der Waals surface area contributed by atoms with Crippen molar-refractivity contribution in [1.82, 2.24) is 16.0 Å². The number of aromatic hydroxyl groups is 1. The van der Waals surface area contributed by atoms with Crippen molar-refractivity contribution in [1.29, 1.82) is 0 Å². The number of phenols is 1. The zero-order chi connectivity index (χ0) is 29.5. The molecule has 1 aromatic rings. The van der Waals surface area contributed by atoms with Gasteiger partial charge in [-0.05, 0) is 56.3 Å². The van der Waals surface area contributed by atoms with E-state index in [-0.39, 0.29) is 18.6 Å². The molecule has 15 nitrogen and oxygen atoms in total. The number of carboxylic acids is 2. The Bertz CT molecular complexity index is 1020. The summed E-state index contributed by atoms with van der Waals surface area (Å²) in [5.74, 6) is -6.33. The zero-order valence-corrected chi connectivity index (χ0v) is 21.3. The Hall–Kier alpha value is -4.24. The number of amides is 4. The smallest absolute Gasteiger partial charge is 0.326 e. The summed E-state index contributed by atoms with van der Waals surface area (Å²) in [5.41, 5.74) is 17.4. The topological polar surface area (TPSA) is 277 Å². The van der Waals surface area contributed by atoms with Gasteiger partial charge >= 0.3 is 11.9 Å². The molecule has 4 atom stereocenters. The average molecular weight is 553 g/mol. The van der Waals surface area contributed by atoms with E-state index < -0.39 is 79.0 Å². The molecule has 0 fully saturated rings. The lowest BCUT2D eigenvalue weighted by Gasteiger charge is -2.25. The van der Waals surface area contributed by atoms with Crippen LogP contribution in [-0.2, 0) is 35.2 Å². The van der Waals surface area contributed by atoms with E-state index in [1.807, 2.05) is 0 Å². The van der Waals surface area contributed by atoms with Crippen molar-refractivity contribution < 1.29 is 44.1 Å². The van der Waals surface area contributed by atoms with Crippen LogP contribution < -0.4 is 33.2 Å². The molecule has 12 N–H and O–H groups in total. The van der Waals surface area contributed by atoms with E-state index in [9.17, 15) is 39.0 Å². The second kappa shape index (κ2) is 16.6. The first kappa shape index (κ1) is 32.8. The van der Waals surface area contributed by atoms with Crippen LogP contribution in [0, 0.1) is 0 Å². The summed E-state index contributed by atoms with van der Waals surface area (Å²) in [5, 5.41) is 34.4. The Morgan fingerprint density at radius 2 is 1.36 bits per heavy atom. The van der Waals surface area contributed by atoms with Crippen LogP contribution in [0.1, 0.15) is 44.1 Å². The molecule has 1 aromatic carbocycles. The predicted octanol–water partition coefficient (Wildman–Crippen LogP) is -2.33. The van der Waals surface area contributed by atoms with Crippen molar-refractivity contribution in [2.24, 2.45) is 17.2 Å². The number of nitrogens with one attached hydrogen (secondary N) is 3. The number of phenolic OH excluding ortho intramolecular Hbond substituents is 1. The van der Waals surface area contributed by atoms with E-state index >= 15 is 0 Å².